The molecule has 128 valence electrons. The van der Waals surface area contributed by atoms with Crippen molar-refractivity contribution in [2.24, 2.45) is 0 Å². The van der Waals surface area contributed by atoms with E-state index in [4.69, 9.17) is 16.3 Å². The van der Waals surface area contributed by atoms with Gasteiger partial charge in [-0.3, -0.25) is 4.90 Å². The van der Waals surface area contributed by atoms with Crippen molar-refractivity contribution in [1.82, 2.24) is 9.80 Å². The van der Waals surface area contributed by atoms with Gasteiger partial charge in [0.05, 0.1) is 0 Å². The number of hydrogen-bond acceptors (Lipinski definition) is 4. The van der Waals surface area contributed by atoms with E-state index < -0.39 is 6.10 Å². The molecule has 1 atom stereocenters. The van der Waals surface area contributed by atoms with E-state index in [2.05, 4.69) is 16.8 Å². The fourth-order valence-corrected chi connectivity index (χ4v) is 2.57. The first kappa shape index (κ1) is 21.8. The van der Waals surface area contributed by atoms with E-state index in [9.17, 15) is 5.11 Å². The molecule has 1 aromatic carbocycles. The molecule has 0 aliphatic carbocycles. The first-order valence-electron chi connectivity index (χ1n) is 7.02. The van der Waals surface area contributed by atoms with E-state index in [1.165, 1.54) is 0 Å². The van der Waals surface area contributed by atoms with E-state index in [-0.39, 0.29) is 24.8 Å². The smallest absolute Gasteiger partial charge is 0.122 e. The summed E-state index contributed by atoms with van der Waals surface area (Å²) >= 11 is 5.90. The summed E-state index contributed by atoms with van der Waals surface area (Å²) in [6, 6.07) is 5.51. The second kappa shape index (κ2) is 10.5. The van der Waals surface area contributed by atoms with Gasteiger partial charge in [-0.25, -0.2) is 0 Å². The summed E-state index contributed by atoms with van der Waals surface area (Å²) in [5.41, 5.74) is 0.990. The Bertz CT molecular complexity index is 441. The third-order valence-corrected chi connectivity index (χ3v) is 3.87. The van der Waals surface area contributed by atoms with E-state index in [1.807, 2.05) is 19.1 Å². The lowest BCUT2D eigenvalue weighted by molar-refractivity contribution is -0.001000. The molecule has 0 saturated carbocycles. The average molecular weight is 370 g/mol. The zero-order chi connectivity index (χ0) is 14.5. The first-order valence-corrected chi connectivity index (χ1v) is 7.40. The Morgan fingerprint density at radius 1 is 1.23 bits per heavy atom. The molecule has 1 fully saturated rings. The van der Waals surface area contributed by atoms with Crippen molar-refractivity contribution in [3.63, 3.8) is 0 Å². The number of ether oxygens (including phenoxy) is 1. The predicted octanol–water partition coefficient (Wildman–Crippen LogP) is -4.36. The molecule has 7 heteroatoms. The Labute approximate surface area is 150 Å². The average Bonchev–Trinajstić information content (AvgIpc) is 2.40. The van der Waals surface area contributed by atoms with Crippen LogP contribution < -0.4 is 29.6 Å². The highest BCUT2D eigenvalue weighted by molar-refractivity contribution is 6.30. The molecule has 0 radical (unpaired) electrons. The number of nitrogens with zero attached hydrogens (tertiary/aromatic N) is 2. The van der Waals surface area contributed by atoms with Crippen LogP contribution in [-0.4, -0.2) is 67.4 Å². The standard InChI is InChI=1S/C15H23ClN2O2.2ClH/c1-12-9-13(16)3-4-15(12)20-11-14(19)10-18-7-5-17(2)6-8-18;;/h3-4,9,14,19H,5-8,10-11H2,1-2H3;2*1H/p-2. The maximum Gasteiger partial charge on any atom is 0.122 e. The largest absolute Gasteiger partial charge is 1.00 e. The van der Waals surface area contributed by atoms with Gasteiger partial charge in [0, 0.05) is 37.7 Å². The molecule has 1 aliphatic rings. The normalized spacial score (nSPS) is 17.3. The summed E-state index contributed by atoms with van der Waals surface area (Å²) in [4.78, 5) is 4.58. The van der Waals surface area contributed by atoms with Crippen molar-refractivity contribution in [2.75, 3.05) is 46.4 Å². The van der Waals surface area contributed by atoms with Gasteiger partial charge in [0.25, 0.3) is 0 Å². The first-order chi connectivity index (χ1) is 9.54. The lowest BCUT2D eigenvalue weighted by Crippen LogP contribution is -3.00. The van der Waals surface area contributed by atoms with Gasteiger partial charge in [-0.15, -0.1) is 0 Å². The maximum absolute atomic E-state index is 10.1. The Morgan fingerprint density at radius 3 is 2.45 bits per heavy atom. The molecule has 1 saturated heterocycles. The Balaban J connectivity index is 0.00000220. The van der Waals surface area contributed by atoms with E-state index in [1.54, 1.807) is 6.07 Å². The van der Waals surface area contributed by atoms with Crippen molar-refractivity contribution in [2.45, 2.75) is 13.0 Å². The minimum absolute atomic E-state index is 0. The second-order valence-electron chi connectivity index (χ2n) is 5.48. The van der Waals surface area contributed by atoms with Crippen molar-refractivity contribution in [1.29, 1.82) is 0 Å². The topological polar surface area (TPSA) is 35.9 Å². The maximum atomic E-state index is 10.1. The predicted molar refractivity (Wildman–Crippen MR) is 81.6 cm³/mol. The number of halogens is 3. The van der Waals surface area contributed by atoms with Crippen molar-refractivity contribution >= 4 is 11.6 Å². The highest BCUT2D eigenvalue weighted by Gasteiger charge is 2.17. The van der Waals surface area contributed by atoms with Crippen LogP contribution in [0.5, 0.6) is 5.75 Å². The van der Waals surface area contributed by atoms with Gasteiger partial charge in [-0.2, -0.15) is 0 Å². The lowest BCUT2D eigenvalue weighted by Gasteiger charge is -2.33. The van der Waals surface area contributed by atoms with Crippen LogP contribution in [0.25, 0.3) is 0 Å². The van der Waals surface area contributed by atoms with E-state index in [0.717, 1.165) is 37.5 Å². The van der Waals surface area contributed by atoms with E-state index >= 15 is 0 Å². The number of likely N-dealkylation sites (N-methyl/N-ethyl adjacent to an activating group) is 1. The van der Waals surface area contributed by atoms with Crippen LogP contribution in [0.4, 0.5) is 0 Å². The zero-order valence-corrected chi connectivity index (χ0v) is 15.2. The Hall–Kier alpha value is -0.230. The van der Waals surface area contributed by atoms with Crippen LogP contribution in [0.3, 0.4) is 0 Å². The van der Waals surface area contributed by atoms with Crippen LogP contribution in [-0.2, 0) is 0 Å². The van der Waals surface area contributed by atoms with Gasteiger partial charge in [0.1, 0.15) is 18.5 Å². The number of benzene rings is 1. The Kier molecular flexibility index (Phi) is 10.4. The highest BCUT2D eigenvalue weighted by Crippen LogP contribution is 2.21. The van der Waals surface area contributed by atoms with Gasteiger partial charge in [-0.1, -0.05) is 11.6 Å². The number of piperazine rings is 1. The highest BCUT2D eigenvalue weighted by atomic mass is 35.5. The minimum atomic E-state index is -0.464. The quantitative estimate of drug-likeness (QED) is 0.569. The molecule has 1 aliphatic heterocycles. The van der Waals surface area contributed by atoms with Crippen LogP contribution in [0, 0.1) is 6.92 Å². The number of aliphatic hydroxyl groups excluding tert-OH is 1. The van der Waals surface area contributed by atoms with E-state index in [0.29, 0.717) is 18.2 Å². The van der Waals surface area contributed by atoms with Crippen molar-refractivity contribution in [3.8, 4) is 5.75 Å². The van der Waals surface area contributed by atoms with Crippen molar-refractivity contribution < 1.29 is 34.7 Å². The van der Waals surface area contributed by atoms with Crippen LogP contribution in [0.1, 0.15) is 5.56 Å². The number of β-amino-alcohol motifs (C(OH)–C–C–N with tert-alkyl or cyclic N) is 1. The van der Waals surface area contributed by atoms with Gasteiger partial charge in [-0.05, 0) is 37.7 Å². The summed E-state index contributed by atoms with van der Waals surface area (Å²) in [5.74, 6) is 0.784. The zero-order valence-electron chi connectivity index (χ0n) is 12.9. The molecule has 0 amide bonds. The fraction of sp³-hybridized carbons (Fsp3) is 0.600. The fourth-order valence-electron chi connectivity index (χ4n) is 2.34. The summed E-state index contributed by atoms with van der Waals surface area (Å²) in [6.07, 6.45) is -0.464. The number of rotatable bonds is 5. The molecular formula is C15H23Cl3N2O2-2. The van der Waals surface area contributed by atoms with Gasteiger partial charge >= 0.3 is 0 Å². The molecule has 1 heterocycles. The van der Waals surface area contributed by atoms with Crippen LogP contribution in [0.15, 0.2) is 18.2 Å². The number of aryl methyl sites for hydroxylation is 1. The van der Waals surface area contributed by atoms with Crippen molar-refractivity contribution in [3.05, 3.63) is 28.8 Å². The van der Waals surface area contributed by atoms with Gasteiger partial charge in [0.2, 0.25) is 0 Å². The molecule has 1 aromatic rings. The Morgan fingerprint density at radius 2 is 1.86 bits per heavy atom. The molecule has 1 N–H and O–H groups in total. The molecule has 0 aromatic heterocycles. The third kappa shape index (κ3) is 6.90. The van der Waals surface area contributed by atoms with Gasteiger partial charge in [0.15, 0.2) is 0 Å². The molecule has 2 rings (SSSR count). The molecule has 22 heavy (non-hydrogen) atoms. The molecule has 1 unspecified atom stereocenters. The molecule has 0 bridgehead atoms. The molecular weight excluding hydrogens is 347 g/mol. The summed E-state index contributed by atoms with van der Waals surface area (Å²) in [7, 11) is 2.13. The molecule has 0 spiro atoms. The van der Waals surface area contributed by atoms with Crippen LogP contribution >= 0.6 is 11.6 Å². The SMILES string of the molecule is Cc1cc(Cl)ccc1OCC(O)CN1CCN(C)CC1.[Cl-].[Cl-]. The van der Waals surface area contributed by atoms with Gasteiger partial charge < -0.3 is 39.6 Å². The monoisotopic (exact) mass is 368 g/mol. The summed E-state index contributed by atoms with van der Waals surface area (Å²) < 4.78 is 5.67. The molecule has 4 nitrogen and oxygen atoms in total. The van der Waals surface area contributed by atoms with Crippen LogP contribution in [0.2, 0.25) is 5.02 Å². The third-order valence-electron chi connectivity index (χ3n) is 3.63. The minimum Gasteiger partial charge on any atom is -1.00 e. The number of hydrogen-bond donors (Lipinski definition) is 1. The lowest BCUT2D eigenvalue weighted by atomic mass is 10.2. The second-order valence-corrected chi connectivity index (χ2v) is 5.91. The summed E-state index contributed by atoms with van der Waals surface area (Å²) in [6.45, 7) is 7.07. The number of aliphatic hydroxyl groups is 1. The summed E-state index contributed by atoms with van der Waals surface area (Å²) in [5, 5.41) is 10.8.